The Morgan fingerprint density at radius 2 is 1.93 bits per heavy atom. The SMILES string of the molecule is Cc1cc(OCCC2c3cc(OC(=O)N(C)C)ccc3C=CCN2C)ccc1Cl.Cl. The summed E-state index contributed by atoms with van der Waals surface area (Å²) in [5, 5.41) is 0.737. The second-order valence-electron chi connectivity index (χ2n) is 7.46. The Morgan fingerprint density at radius 1 is 1.20 bits per heavy atom. The number of carbonyl (C=O) groups excluding carboxylic acids is 1. The third-order valence-corrected chi connectivity index (χ3v) is 5.42. The number of hydrogen-bond donors (Lipinski definition) is 0. The molecule has 1 atom stereocenters. The van der Waals surface area contributed by atoms with E-state index in [2.05, 4.69) is 24.1 Å². The molecule has 0 fully saturated rings. The normalized spacial score (nSPS) is 15.6. The Kier molecular flexibility index (Phi) is 8.59. The molecule has 30 heavy (non-hydrogen) atoms. The summed E-state index contributed by atoms with van der Waals surface area (Å²) >= 11 is 6.09. The van der Waals surface area contributed by atoms with Gasteiger partial charge in [0.15, 0.2) is 0 Å². The van der Waals surface area contributed by atoms with E-state index in [1.54, 1.807) is 14.1 Å². The van der Waals surface area contributed by atoms with E-state index in [9.17, 15) is 4.79 Å². The number of fused-ring (bicyclic) bond motifs is 1. The largest absolute Gasteiger partial charge is 0.494 e. The highest BCUT2D eigenvalue weighted by molar-refractivity contribution is 6.31. The van der Waals surface area contributed by atoms with Crippen molar-refractivity contribution >= 4 is 36.2 Å². The zero-order valence-electron chi connectivity index (χ0n) is 17.7. The van der Waals surface area contributed by atoms with E-state index in [-0.39, 0.29) is 24.5 Å². The highest BCUT2D eigenvalue weighted by Gasteiger charge is 2.22. The number of hydrogen-bond acceptors (Lipinski definition) is 4. The lowest BCUT2D eigenvalue weighted by atomic mass is 9.97. The fraction of sp³-hybridized carbons (Fsp3) is 0.348. The number of amides is 1. The average Bonchev–Trinajstić information content (AvgIpc) is 2.83. The minimum atomic E-state index is -0.388. The van der Waals surface area contributed by atoms with E-state index < -0.39 is 0 Å². The predicted octanol–water partition coefficient (Wildman–Crippen LogP) is 5.60. The van der Waals surface area contributed by atoms with E-state index in [1.165, 1.54) is 4.90 Å². The van der Waals surface area contributed by atoms with Crippen LogP contribution in [0.5, 0.6) is 11.5 Å². The van der Waals surface area contributed by atoms with Gasteiger partial charge in [0.05, 0.1) is 6.61 Å². The van der Waals surface area contributed by atoms with Crippen molar-refractivity contribution in [1.29, 1.82) is 0 Å². The molecule has 1 aliphatic rings. The van der Waals surface area contributed by atoms with Crippen LogP contribution >= 0.6 is 24.0 Å². The van der Waals surface area contributed by atoms with E-state index in [0.717, 1.165) is 40.4 Å². The Balaban J connectivity index is 0.00000320. The van der Waals surface area contributed by atoms with E-state index in [0.29, 0.717) is 12.4 Å². The summed E-state index contributed by atoms with van der Waals surface area (Å²) in [5.41, 5.74) is 3.25. The van der Waals surface area contributed by atoms with Crippen molar-refractivity contribution in [3.63, 3.8) is 0 Å². The van der Waals surface area contributed by atoms with Crippen LogP contribution in [0.4, 0.5) is 4.79 Å². The van der Waals surface area contributed by atoms with Crippen molar-refractivity contribution < 1.29 is 14.3 Å². The molecule has 0 aromatic heterocycles. The van der Waals surface area contributed by atoms with Gasteiger partial charge in [-0.1, -0.05) is 29.8 Å². The van der Waals surface area contributed by atoms with Gasteiger partial charge in [0.2, 0.25) is 0 Å². The van der Waals surface area contributed by atoms with Gasteiger partial charge in [-0.05, 0) is 61.0 Å². The van der Waals surface area contributed by atoms with Gasteiger partial charge in [-0.15, -0.1) is 12.4 Å². The Morgan fingerprint density at radius 3 is 2.63 bits per heavy atom. The first-order chi connectivity index (χ1) is 13.8. The van der Waals surface area contributed by atoms with Crippen LogP contribution in [-0.4, -0.2) is 50.2 Å². The molecule has 1 amide bonds. The third kappa shape index (κ3) is 5.91. The van der Waals surface area contributed by atoms with Crippen LogP contribution in [0.2, 0.25) is 5.02 Å². The molecular weight excluding hydrogens is 423 g/mol. The van der Waals surface area contributed by atoms with Gasteiger partial charge in [-0.3, -0.25) is 4.90 Å². The van der Waals surface area contributed by atoms with Crippen LogP contribution in [0.3, 0.4) is 0 Å². The maximum Gasteiger partial charge on any atom is 0.414 e. The van der Waals surface area contributed by atoms with Crippen LogP contribution in [0.15, 0.2) is 42.5 Å². The molecule has 0 saturated heterocycles. The lowest BCUT2D eigenvalue weighted by Crippen LogP contribution is -2.27. The highest BCUT2D eigenvalue weighted by atomic mass is 35.5. The van der Waals surface area contributed by atoms with Crippen LogP contribution in [-0.2, 0) is 0 Å². The summed E-state index contributed by atoms with van der Waals surface area (Å²) in [6.07, 6.45) is 4.68. The van der Waals surface area contributed by atoms with E-state index >= 15 is 0 Å². The molecule has 162 valence electrons. The molecule has 0 N–H and O–H groups in total. The Bertz CT molecular complexity index is 915. The molecule has 0 aliphatic carbocycles. The molecule has 1 unspecified atom stereocenters. The van der Waals surface area contributed by atoms with E-state index in [4.69, 9.17) is 21.1 Å². The van der Waals surface area contributed by atoms with Gasteiger partial charge in [0.25, 0.3) is 0 Å². The first kappa shape index (κ1) is 24.1. The van der Waals surface area contributed by atoms with Gasteiger partial charge in [-0.25, -0.2) is 4.79 Å². The predicted molar refractivity (Wildman–Crippen MR) is 124 cm³/mol. The lowest BCUT2D eigenvalue weighted by molar-refractivity contribution is 0.171. The van der Waals surface area contributed by atoms with Crippen LogP contribution in [0, 0.1) is 6.92 Å². The smallest absolute Gasteiger partial charge is 0.414 e. The summed E-state index contributed by atoms with van der Waals surface area (Å²) in [5.74, 6) is 1.36. The molecule has 0 saturated carbocycles. The van der Waals surface area contributed by atoms with Gasteiger partial charge in [-0.2, -0.15) is 0 Å². The van der Waals surface area contributed by atoms with Crippen LogP contribution in [0.25, 0.3) is 6.08 Å². The summed E-state index contributed by atoms with van der Waals surface area (Å²) < 4.78 is 11.4. The first-order valence-electron chi connectivity index (χ1n) is 9.64. The third-order valence-electron chi connectivity index (χ3n) is 5.00. The van der Waals surface area contributed by atoms with Crippen molar-refractivity contribution in [2.45, 2.75) is 19.4 Å². The summed E-state index contributed by atoms with van der Waals surface area (Å²) in [6.45, 7) is 3.37. The van der Waals surface area contributed by atoms with Crippen molar-refractivity contribution in [3.8, 4) is 11.5 Å². The van der Waals surface area contributed by atoms with Gasteiger partial charge >= 0.3 is 6.09 Å². The summed E-state index contributed by atoms with van der Waals surface area (Å²) in [6, 6.07) is 11.6. The second kappa shape index (κ2) is 10.7. The zero-order chi connectivity index (χ0) is 21.0. The van der Waals surface area contributed by atoms with Crippen LogP contribution in [0.1, 0.15) is 29.2 Å². The quantitative estimate of drug-likeness (QED) is 0.594. The van der Waals surface area contributed by atoms with Crippen molar-refractivity contribution in [1.82, 2.24) is 9.80 Å². The molecule has 0 bridgehead atoms. The molecular formula is C23H28Cl2N2O3. The molecule has 1 heterocycles. The molecule has 3 rings (SSSR count). The number of carbonyl (C=O) groups is 1. The number of aryl methyl sites for hydroxylation is 1. The minimum Gasteiger partial charge on any atom is -0.494 e. The first-order valence-corrected chi connectivity index (χ1v) is 10.0. The molecule has 2 aromatic carbocycles. The monoisotopic (exact) mass is 450 g/mol. The Labute approximate surface area is 189 Å². The zero-order valence-corrected chi connectivity index (χ0v) is 19.3. The number of benzene rings is 2. The number of rotatable bonds is 5. The standard InChI is InChI=1S/C23H27ClN2O3.ClH/c1-16-14-18(9-10-21(16)24)28-13-11-22-20-15-19(29-23(27)25(2)3)8-7-17(20)6-5-12-26(22)4;/h5-10,14-15,22H,11-13H2,1-4H3;1H. The topological polar surface area (TPSA) is 42.0 Å². The molecule has 0 radical (unpaired) electrons. The second-order valence-corrected chi connectivity index (χ2v) is 7.87. The Hall–Kier alpha value is -2.21. The average molecular weight is 451 g/mol. The number of ether oxygens (including phenoxy) is 2. The number of nitrogens with zero attached hydrogens (tertiary/aromatic N) is 2. The summed E-state index contributed by atoms with van der Waals surface area (Å²) in [4.78, 5) is 15.6. The van der Waals surface area contributed by atoms with Gasteiger partial charge < -0.3 is 14.4 Å². The van der Waals surface area contributed by atoms with Crippen molar-refractivity contribution in [3.05, 3.63) is 64.2 Å². The molecule has 5 nitrogen and oxygen atoms in total. The lowest BCUT2D eigenvalue weighted by Gasteiger charge is -2.27. The maximum atomic E-state index is 11.9. The van der Waals surface area contributed by atoms with Gasteiger partial charge in [0.1, 0.15) is 11.5 Å². The van der Waals surface area contributed by atoms with Crippen molar-refractivity contribution in [2.75, 3.05) is 34.3 Å². The molecule has 1 aliphatic heterocycles. The number of likely N-dealkylation sites (N-methyl/N-ethyl adjacent to an activating group) is 1. The molecule has 0 spiro atoms. The highest BCUT2D eigenvalue weighted by Crippen LogP contribution is 2.33. The summed E-state index contributed by atoms with van der Waals surface area (Å²) in [7, 11) is 5.43. The van der Waals surface area contributed by atoms with E-state index in [1.807, 2.05) is 43.3 Å². The number of halogens is 2. The fourth-order valence-electron chi connectivity index (χ4n) is 3.33. The molecule has 7 heteroatoms. The van der Waals surface area contributed by atoms with Gasteiger partial charge in [0, 0.05) is 38.1 Å². The van der Waals surface area contributed by atoms with Crippen molar-refractivity contribution in [2.24, 2.45) is 0 Å². The van der Waals surface area contributed by atoms with Crippen LogP contribution < -0.4 is 9.47 Å². The minimum absolute atomic E-state index is 0. The maximum absolute atomic E-state index is 11.9. The molecule has 2 aromatic rings. The fourth-order valence-corrected chi connectivity index (χ4v) is 3.45.